The Kier molecular flexibility index (Phi) is 2.64. The maximum Gasteiger partial charge on any atom is 0.395 e. The van der Waals surface area contributed by atoms with Gasteiger partial charge >= 0.3 is 10.3 Å². The van der Waals surface area contributed by atoms with Crippen molar-refractivity contribution in [2.24, 2.45) is 5.84 Å². The first-order chi connectivity index (χ1) is 5.64. The van der Waals surface area contributed by atoms with Crippen LogP contribution in [0.15, 0.2) is 30.3 Å². The van der Waals surface area contributed by atoms with Gasteiger partial charge < -0.3 is 4.18 Å². The van der Waals surface area contributed by atoms with E-state index in [-0.39, 0.29) is 5.75 Å². The number of nitrogens with one attached hydrogen (secondary N) is 1. The summed E-state index contributed by atoms with van der Waals surface area (Å²) in [6.07, 6.45) is 0. The molecule has 0 bridgehead atoms. The minimum Gasteiger partial charge on any atom is -0.370 e. The molecule has 0 saturated heterocycles. The Morgan fingerprint density at radius 3 is 2.33 bits per heavy atom. The Morgan fingerprint density at radius 2 is 1.83 bits per heavy atom. The van der Waals surface area contributed by atoms with E-state index in [4.69, 9.17) is 5.84 Å². The third kappa shape index (κ3) is 2.50. The van der Waals surface area contributed by atoms with E-state index < -0.39 is 10.3 Å². The van der Waals surface area contributed by atoms with Gasteiger partial charge in [0.15, 0.2) is 0 Å². The van der Waals surface area contributed by atoms with Crippen LogP contribution in [0.1, 0.15) is 0 Å². The van der Waals surface area contributed by atoms with Gasteiger partial charge in [0.25, 0.3) is 0 Å². The molecule has 0 saturated carbocycles. The lowest BCUT2D eigenvalue weighted by Gasteiger charge is -2.03. The van der Waals surface area contributed by atoms with Crippen LogP contribution in [0.5, 0.6) is 5.75 Å². The van der Waals surface area contributed by atoms with Gasteiger partial charge in [0.1, 0.15) is 5.75 Å². The van der Waals surface area contributed by atoms with Crippen molar-refractivity contribution in [2.45, 2.75) is 0 Å². The van der Waals surface area contributed by atoms with Crippen molar-refractivity contribution in [3.8, 4) is 5.75 Å². The Hall–Kier alpha value is -1.11. The smallest absolute Gasteiger partial charge is 0.370 e. The summed E-state index contributed by atoms with van der Waals surface area (Å²) in [6, 6.07) is 8.07. The maximum absolute atomic E-state index is 10.7. The van der Waals surface area contributed by atoms with Crippen molar-refractivity contribution in [2.75, 3.05) is 0 Å². The van der Waals surface area contributed by atoms with E-state index >= 15 is 0 Å². The molecule has 0 aliphatic carbocycles. The van der Waals surface area contributed by atoms with Gasteiger partial charge in [0.2, 0.25) is 0 Å². The Morgan fingerprint density at radius 1 is 1.25 bits per heavy atom. The molecule has 1 rings (SSSR count). The predicted molar refractivity (Wildman–Crippen MR) is 43.3 cm³/mol. The monoisotopic (exact) mass is 188 g/mol. The van der Waals surface area contributed by atoms with E-state index in [1.54, 1.807) is 18.2 Å². The van der Waals surface area contributed by atoms with E-state index in [2.05, 4.69) is 4.18 Å². The van der Waals surface area contributed by atoms with Gasteiger partial charge in [0.05, 0.1) is 0 Å². The summed E-state index contributed by atoms with van der Waals surface area (Å²) < 4.78 is 25.9. The number of rotatable bonds is 3. The molecule has 1 aromatic carbocycles. The minimum atomic E-state index is -3.84. The van der Waals surface area contributed by atoms with Crippen LogP contribution in [0.3, 0.4) is 0 Å². The Bertz CT molecular complexity index is 335. The largest absolute Gasteiger partial charge is 0.395 e. The maximum atomic E-state index is 10.7. The molecule has 0 aromatic heterocycles. The van der Waals surface area contributed by atoms with Crippen molar-refractivity contribution in [1.82, 2.24) is 4.83 Å². The number of nitrogens with two attached hydrogens (primary N) is 1. The zero-order valence-electron chi connectivity index (χ0n) is 6.10. The number of hydrazine groups is 1. The zero-order valence-corrected chi connectivity index (χ0v) is 6.91. The van der Waals surface area contributed by atoms with Gasteiger partial charge in [-0.1, -0.05) is 18.2 Å². The molecule has 0 heterocycles. The van der Waals surface area contributed by atoms with Gasteiger partial charge in [-0.15, -0.1) is 4.83 Å². The summed E-state index contributed by atoms with van der Waals surface area (Å²) in [5.74, 6) is 4.91. The van der Waals surface area contributed by atoms with Crippen molar-refractivity contribution < 1.29 is 12.6 Å². The molecule has 0 unspecified atom stereocenters. The highest BCUT2D eigenvalue weighted by Gasteiger charge is 2.07. The molecule has 0 atom stereocenters. The zero-order chi connectivity index (χ0) is 9.03. The van der Waals surface area contributed by atoms with Crippen LogP contribution in [-0.4, -0.2) is 8.42 Å². The Balaban J connectivity index is 2.78. The molecule has 6 heteroatoms. The van der Waals surface area contributed by atoms with Crippen LogP contribution < -0.4 is 14.9 Å². The van der Waals surface area contributed by atoms with Crippen LogP contribution in [0.4, 0.5) is 0 Å². The molecular weight excluding hydrogens is 180 g/mol. The minimum absolute atomic E-state index is 0.218. The van der Waals surface area contributed by atoms with Crippen LogP contribution in [0, 0.1) is 0 Å². The standard InChI is InChI=1S/C6H8N2O3S/c7-8-12(9,10)11-6-4-2-1-3-5-6/h1-5,8H,7H2. The molecule has 66 valence electrons. The van der Waals surface area contributed by atoms with Crippen LogP contribution in [-0.2, 0) is 10.3 Å². The second-order valence-corrected chi connectivity index (χ2v) is 3.28. The molecule has 0 amide bonds. The quantitative estimate of drug-likeness (QED) is 0.507. The summed E-state index contributed by atoms with van der Waals surface area (Å²) in [7, 11) is -3.84. The molecule has 0 aliphatic heterocycles. The summed E-state index contributed by atoms with van der Waals surface area (Å²) in [5, 5.41) is 0. The number of hydrogen-bond acceptors (Lipinski definition) is 4. The van der Waals surface area contributed by atoms with Crippen LogP contribution >= 0.6 is 0 Å². The van der Waals surface area contributed by atoms with E-state index in [0.717, 1.165) is 0 Å². The first-order valence-corrected chi connectivity index (χ1v) is 4.52. The molecule has 3 N–H and O–H groups in total. The molecule has 12 heavy (non-hydrogen) atoms. The van der Waals surface area contributed by atoms with Crippen molar-refractivity contribution in [3.05, 3.63) is 30.3 Å². The first kappa shape index (κ1) is 8.98. The third-order valence-corrected chi connectivity index (χ3v) is 1.79. The summed E-state index contributed by atoms with van der Waals surface area (Å²) >= 11 is 0. The summed E-state index contributed by atoms with van der Waals surface area (Å²) in [5.41, 5.74) is 0. The fraction of sp³-hybridized carbons (Fsp3) is 0. The number of para-hydroxylation sites is 1. The van der Waals surface area contributed by atoms with Crippen LogP contribution in [0.25, 0.3) is 0 Å². The van der Waals surface area contributed by atoms with Crippen molar-refractivity contribution in [3.63, 3.8) is 0 Å². The highest BCUT2D eigenvalue weighted by molar-refractivity contribution is 7.85. The molecule has 5 nitrogen and oxygen atoms in total. The van der Waals surface area contributed by atoms with Gasteiger partial charge in [-0.25, -0.2) is 0 Å². The topological polar surface area (TPSA) is 81.4 Å². The summed E-state index contributed by atoms with van der Waals surface area (Å²) in [6.45, 7) is 0. The molecule has 1 aromatic rings. The summed E-state index contributed by atoms with van der Waals surface area (Å²) in [4.78, 5) is 1.54. The number of hydrogen-bond donors (Lipinski definition) is 2. The lowest BCUT2D eigenvalue weighted by molar-refractivity contribution is 0.473. The first-order valence-electron chi connectivity index (χ1n) is 3.11. The second kappa shape index (κ2) is 3.53. The Labute approximate surface area is 70.4 Å². The van der Waals surface area contributed by atoms with E-state index in [9.17, 15) is 8.42 Å². The lowest BCUT2D eigenvalue weighted by Crippen LogP contribution is -2.33. The van der Waals surface area contributed by atoms with Crippen molar-refractivity contribution in [1.29, 1.82) is 0 Å². The van der Waals surface area contributed by atoms with E-state index in [1.807, 2.05) is 0 Å². The van der Waals surface area contributed by atoms with Gasteiger partial charge in [-0.2, -0.15) is 8.42 Å². The predicted octanol–water partition coefficient (Wildman–Crippen LogP) is -0.227. The van der Waals surface area contributed by atoms with E-state index in [0.29, 0.717) is 0 Å². The third-order valence-electron chi connectivity index (χ3n) is 1.09. The van der Waals surface area contributed by atoms with Crippen LogP contribution in [0.2, 0.25) is 0 Å². The van der Waals surface area contributed by atoms with Gasteiger partial charge in [-0.3, -0.25) is 5.84 Å². The van der Waals surface area contributed by atoms with Gasteiger partial charge in [0, 0.05) is 0 Å². The average molecular weight is 188 g/mol. The lowest BCUT2D eigenvalue weighted by atomic mass is 10.3. The SMILES string of the molecule is NNS(=O)(=O)Oc1ccccc1. The van der Waals surface area contributed by atoms with Crippen molar-refractivity contribution >= 4 is 10.3 Å². The fourth-order valence-electron chi connectivity index (χ4n) is 0.627. The fourth-order valence-corrected chi connectivity index (χ4v) is 1.04. The normalized spacial score (nSPS) is 11.1. The molecule has 0 spiro atoms. The average Bonchev–Trinajstić information content (AvgIpc) is 2.06. The van der Waals surface area contributed by atoms with E-state index in [1.165, 1.54) is 17.0 Å². The molecule has 0 radical (unpaired) electrons. The molecule has 0 fully saturated rings. The highest BCUT2D eigenvalue weighted by Crippen LogP contribution is 2.09. The van der Waals surface area contributed by atoms with Gasteiger partial charge in [-0.05, 0) is 12.1 Å². The highest BCUT2D eigenvalue weighted by atomic mass is 32.2. The number of benzene rings is 1. The second-order valence-electron chi connectivity index (χ2n) is 1.97. The molecular formula is C6H8N2O3S. The molecule has 0 aliphatic rings.